The Bertz CT molecular complexity index is 942. The highest BCUT2D eigenvalue weighted by Gasteiger charge is 2.28. The molecule has 1 saturated heterocycles. The Kier molecular flexibility index (Phi) is 5.33. The number of carbonyl (C=O) groups is 3. The van der Waals surface area contributed by atoms with Gasteiger partial charge < -0.3 is 19.5 Å². The fraction of sp³-hybridized carbons (Fsp3) is 0.286. The number of imide groups is 1. The summed E-state index contributed by atoms with van der Waals surface area (Å²) in [5, 5.41) is 2.79. The van der Waals surface area contributed by atoms with E-state index in [0.717, 1.165) is 10.5 Å². The molecule has 0 spiro atoms. The Morgan fingerprint density at radius 1 is 1.03 bits per heavy atom. The molecule has 3 amide bonds. The van der Waals surface area contributed by atoms with Crippen molar-refractivity contribution in [3.63, 3.8) is 0 Å². The molecule has 2 aliphatic heterocycles. The summed E-state index contributed by atoms with van der Waals surface area (Å²) in [6.07, 6.45) is 0.521. The van der Waals surface area contributed by atoms with Gasteiger partial charge in [0.05, 0.1) is 0 Å². The third-order valence-electron chi connectivity index (χ3n) is 4.68. The highest BCUT2D eigenvalue weighted by molar-refractivity contribution is 6.02. The lowest BCUT2D eigenvalue weighted by molar-refractivity contribution is -0.138. The average Bonchev–Trinajstić information content (AvgIpc) is 3.31. The molecule has 150 valence electrons. The van der Waals surface area contributed by atoms with Crippen LogP contribution in [0.15, 0.2) is 42.5 Å². The summed E-state index contributed by atoms with van der Waals surface area (Å²) in [6.45, 7) is 0.636. The molecular weight excluding hydrogens is 376 g/mol. The van der Waals surface area contributed by atoms with Crippen LogP contribution in [0.25, 0.3) is 0 Å². The lowest BCUT2D eigenvalue weighted by atomic mass is 10.2. The number of fused-ring (bicyclic) bond motifs is 1. The number of ether oxygens (including phenoxy) is 3. The first kappa shape index (κ1) is 18.8. The number of nitrogens with one attached hydrogen (secondary N) is 1. The lowest BCUT2D eigenvalue weighted by Gasteiger charge is -2.13. The van der Waals surface area contributed by atoms with Gasteiger partial charge in [0.1, 0.15) is 12.4 Å². The molecule has 29 heavy (non-hydrogen) atoms. The van der Waals surface area contributed by atoms with E-state index in [1.165, 1.54) is 0 Å². The van der Waals surface area contributed by atoms with Crippen LogP contribution in [0.5, 0.6) is 17.2 Å². The second-order valence-electron chi connectivity index (χ2n) is 6.74. The SMILES string of the molecule is O=C(CCN1C(=O)CCC1=O)Nc1cccc(COc2ccc3c(c2)OCO3)c1. The van der Waals surface area contributed by atoms with Crippen LogP contribution in [0.3, 0.4) is 0 Å². The van der Waals surface area contributed by atoms with Crippen molar-refractivity contribution in [3.8, 4) is 17.2 Å². The lowest BCUT2D eigenvalue weighted by Crippen LogP contribution is -2.32. The summed E-state index contributed by atoms with van der Waals surface area (Å²) >= 11 is 0. The zero-order chi connectivity index (χ0) is 20.2. The van der Waals surface area contributed by atoms with Crippen molar-refractivity contribution in [2.75, 3.05) is 18.7 Å². The van der Waals surface area contributed by atoms with Gasteiger partial charge in [-0.3, -0.25) is 19.3 Å². The van der Waals surface area contributed by atoms with E-state index in [1.807, 2.05) is 18.2 Å². The number of carbonyl (C=O) groups excluding carboxylic acids is 3. The minimum absolute atomic E-state index is 0.0649. The largest absolute Gasteiger partial charge is 0.489 e. The molecule has 2 aromatic rings. The average molecular weight is 396 g/mol. The van der Waals surface area contributed by atoms with E-state index >= 15 is 0 Å². The van der Waals surface area contributed by atoms with Gasteiger partial charge in [-0.25, -0.2) is 0 Å². The number of hydrogen-bond acceptors (Lipinski definition) is 6. The van der Waals surface area contributed by atoms with Crippen LogP contribution < -0.4 is 19.5 Å². The predicted octanol–water partition coefficient (Wildman–Crippen LogP) is 2.47. The van der Waals surface area contributed by atoms with Gasteiger partial charge in [0, 0.05) is 37.6 Å². The first-order valence-corrected chi connectivity index (χ1v) is 9.33. The van der Waals surface area contributed by atoms with Crippen molar-refractivity contribution in [1.29, 1.82) is 0 Å². The maximum absolute atomic E-state index is 12.2. The normalized spacial score (nSPS) is 15.0. The molecular formula is C21H20N2O6. The Morgan fingerprint density at radius 3 is 2.66 bits per heavy atom. The summed E-state index contributed by atoms with van der Waals surface area (Å²) in [5.74, 6) is 1.31. The molecule has 0 bridgehead atoms. The van der Waals surface area contributed by atoms with Crippen molar-refractivity contribution >= 4 is 23.4 Å². The second kappa shape index (κ2) is 8.22. The van der Waals surface area contributed by atoms with Crippen LogP contribution >= 0.6 is 0 Å². The first-order valence-electron chi connectivity index (χ1n) is 9.33. The number of likely N-dealkylation sites (tertiary alicyclic amines) is 1. The van der Waals surface area contributed by atoms with Crippen molar-refractivity contribution < 1.29 is 28.6 Å². The van der Waals surface area contributed by atoms with Crippen LogP contribution in [-0.4, -0.2) is 36.0 Å². The van der Waals surface area contributed by atoms with Crippen molar-refractivity contribution in [3.05, 3.63) is 48.0 Å². The monoisotopic (exact) mass is 396 g/mol. The molecule has 8 nitrogen and oxygen atoms in total. The van der Waals surface area contributed by atoms with E-state index in [-0.39, 0.29) is 50.3 Å². The summed E-state index contributed by atoms with van der Waals surface area (Å²) in [6, 6.07) is 12.7. The zero-order valence-electron chi connectivity index (χ0n) is 15.7. The maximum Gasteiger partial charge on any atom is 0.231 e. The van der Waals surface area contributed by atoms with Crippen molar-refractivity contribution in [2.24, 2.45) is 0 Å². The highest BCUT2D eigenvalue weighted by Crippen LogP contribution is 2.35. The number of nitrogens with zero attached hydrogens (tertiary/aromatic N) is 1. The van der Waals surface area contributed by atoms with Crippen LogP contribution in [0, 0.1) is 0 Å². The minimum Gasteiger partial charge on any atom is -0.489 e. The Hall–Kier alpha value is -3.55. The molecule has 0 aliphatic carbocycles. The van der Waals surface area contributed by atoms with Crippen LogP contribution in [-0.2, 0) is 21.0 Å². The Labute approximate surface area is 167 Å². The number of benzene rings is 2. The van der Waals surface area contributed by atoms with Crippen LogP contribution in [0.1, 0.15) is 24.8 Å². The Morgan fingerprint density at radius 2 is 1.83 bits per heavy atom. The van der Waals surface area contributed by atoms with E-state index < -0.39 is 0 Å². The third kappa shape index (κ3) is 4.48. The van der Waals surface area contributed by atoms with Crippen LogP contribution in [0.4, 0.5) is 5.69 Å². The molecule has 0 unspecified atom stereocenters. The molecule has 1 fully saturated rings. The molecule has 0 radical (unpaired) electrons. The quantitative estimate of drug-likeness (QED) is 0.723. The third-order valence-corrected chi connectivity index (χ3v) is 4.68. The number of rotatable bonds is 7. The molecule has 4 rings (SSSR count). The van der Waals surface area contributed by atoms with E-state index in [1.54, 1.807) is 24.3 Å². The number of amides is 3. The molecule has 2 aromatic carbocycles. The maximum atomic E-state index is 12.2. The predicted molar refractivity (Wildman–Crippen MR) is 103 cm³/mol. The highest BCUT2D eigenvalue weighted by atomic mass is 16.7. The number of hydrogen-bond donors (Lipinski definition) is 1. The summed E-state index contributed by atoms with van der Waals surface area (Å²) < 4.78 is 16.4. The fourth-order valence-electron chi connectivity index (χ4n) is 3.18. The molecule has 8 heteroatoms. The molecule has 1 N–H and O–H groups in total. The van der Waals surface area contributed by atoms with Gasteiger partial charge in [0.2, 0.25) is 24.5 Å². The summed E-state index contributed by atoms with van der Waals surface area (Å²) in [5.41, 5.74) is 1.51. The topological polar surface area (TPSA) is 94.2 Å². The second-order valence-corrected chi connectivity index (χ2v) is 6.74. The summed E-state index contributed by atoms with van der Waals surface area (Å²) in [7, 11) is 0. The van der Waals surface area contributed by atoms with Crippen molar-refractivity contribution in [2.45, 2.75) is 25.9 Å². The van der Waals surface area contributed by atoms with Gasteiger partial charge in [0.15, 0.2) is 11.5 Å². The minimum atomic E-state index is -0.258. The van der Waals surface area contributed by atoms with Gasteiger partial charge in [-0.1, -0.05) is 12.1 Å². The van der Waals surface area contributed by atoms with Gasteiger partial charge in [0.25, 0.3) is 0 Å². The Balaban J connectivity index is 1.29. The molecule has 0 saturated carbocycles. The first-order chi connectivity index (χ1) is 14.1. The molecule has 0 atom stereocenters. The number of anilines is 1. The van der Waals surface area contributed by atoms with Gasteiger partial charge in [-0.15, -0.1) is 0 Å². The summed E-state index contributed by atoms with van der Waals surface area (Å²) in [4.78, 5) is 36.5. The zero-order valence-corrected chi connectivity index (χ0v) is 15.7. The van der Waals surface area contributed by atoms with E-state index in [0.29, 0.717) is 29.5 Å². The molecule has 0 aromatic heterocycles. The van der Waals surface area contributed by atoms with E-state index in [2.05, 4.69) is 5.32 Å². The molecule has 2 aliphatic rings. The van der Waals surface area contributed by atoms with E-state index in [4.69, 9.17) is 14.2 Å². The van der Waals surface area contributed by atoms with Crippen LogP contribution in [0.2, 0.25) is 0 Å². The van der Waals surface area contributed by atoms with E-state index in [9.17, 15) is 14.4 Å². The van der Waals surface area contributed by atoms with Gasteiger partial charge in [-0.2, -0.15) is 0 Å². The molecule has 2 heterocycles. The van der Waals surface area contributed by atoms with Crippen molar-refractivity contribution in [1.82, 2.24) is 4.90 Å². The van der Waals surface area contributed by atoms with Gasteiger partial charge in [-0.05, 0) is 29.8 Å². The smallest absolute Gasteiger partial charge is 0.231 e. The van der Waals surface area contributed by atoms with Gasteiger partial charge >= 0.3 is 0 Å². The fourth-order valence-corrected chi connectivity index (χ4v) is 3.18. The standard InChI is InChI=1S/C21H20N2O6/c24-19(8-9-23-20(25)6-7-21(23)26)22-15-3-1-2-14(10-15)12-27-16-4-5-17-18(11-16)29-13-28-17/h1-5,10-11H,6-9,12-13H2,(H,22,24).